The maximum absolute atomic E-state index is 13.5. The minimum absolute atomic E-state index is 0.0222. The number of carbonyl (C=O) groups excluding carboxylic acids is 2. The molecule has 2 aromatic carbocycles. The van der Waals surface area contributed by atoms with Crippen molar-refractivity contribution >= 4 is 29.1 Å². The van der Waals surface area contributed by atoms with Crippen molar-refractivity contribution in [3.63, 3.8) is 0 Å². The first-order valence-electron chi connectivity index (χ1n) is 9.79. The smallest absolute Gasteiger partial charge is 0.368 e. The molecule has 31 heavy (non-hydrogen) atoms. The van der Waals surface area contributed by atoms with Crippen LogP contribution in [0.15, 0.2) is 53.5 Å². The molecule has 1 atom stereocenters. The first-order chi connectivity index (χ1) is 14.6. The van der Waals surface area contributed by atoms with Crippen LogP contribution in [0.5, 0.6) is 0 Å². The summed E-state index contributed by atoms with van der Waals surface area (Å²) in [4.78, 5) is 32.1. The summed E-state index contributed by atoms with van der Waals surface area (Å²) in [6.07, 6.45) is -1.85. The normalized spacial score (nSPS) is 19.0. The summed E-state index contributed by atoms with van der Waals surface area (Å²) in [7, 11) is 0. The topological polar surface area (TPSA) is 75.8 Å². The van der Waals surface area contributed by atoms with Crippen molar-refractivity contribution in [3.05, 3.63) is 70.2 Å². The summed E-state index contributed by atoms with van der Waals surface area (Å²) in [5, 5.41) is 0.287. The lowest BCUT2D eigenvalue weighted by molar-refractivity contribution is -0.139. The summed E-state index contributed by atoms with van der Waals surface area (Å²) >= 11 is 6.31. The van der Waals surface area contributed by atoms with Gasteiger partial charge in [0.05, 0.1) is 5.56 Å². The fourth-order valence-electron chi connectivity index (χ4n) is 4.39. The second-order valence-corrected chi connectivity index (χ2v) is 8.13. The summed E-state index contributed by atoms with van der Waals surface area (Å²) < 4.78 is 38.8. The Hall–Kier alpha value is -2.87. The number of benzene rings is 2. The van der Waals surface area contributed by atoms with Gasteiger partial charge in [0.1, 0.15) is 17.4 Å². The molecule has 162 valence electrons. The molecule has 1 aliphatic carbocycles. The number of hydrogen-bond acceptors (Lipinski definition) is 3. The van der Waals surface area contributed by atoms with Crippen LogP contribution < -0.4 is 5.73 Å². The molecule has 0 radical (unpaired) electrons. The minimum atomic E-state index is -4.49. The molecule has 2 aliphatic rings. The Morgan fingerprint density at radius 3 is 2.26 bits per heavy atom. The standard InChI is InChI=1S/C22H19ClF3N3O2/c23-16-6-2-1-5-15(16)18(19(27)30)29-20(31)17(28-21(29)11-3-4-12-21)13-7-9-14(10-8-13)22(24,25)26/h1-2,5-10,18H,3-4,11-12H2,(H2,27,30). The Morgan fingerprint density at radius 1 is 1.10 bits per heavy atom. The van der Waals surface area contributed by atoms with Gasteiger partial charge in [-0.05, 0) is 43.9 Å². The van der Waals surface area contributed by atoms with Crippen molar-refractivity contribution in [2.75, 3.05) is 0 Å². The van der Waals surface area contributed by atoms with Gasteiger partial charge in [-0.1, -0.05) is 41.9 Å². The largest absolute Gasteiger partial charge is 0.416 e. The predicted molar refractivity (Wildman–Crippen MR) is 109 cm³/mol. The highest BCUT2D eigenvalue weighted by Gasteiger charge is 2.53. The van der Waals surface area contributed by atoms with Gasteiger partial charge in [0.15, 0.2) is 0 Å². The number of rotatable bonds is 4. The third-order valence-electron chi connectivity index (χ3n) is 5.81. The van der Waals surface area contributed by atoms with Crippen LogP contribution in [-0.2, 0) is 15.8 Å². The molecule has 0 aromatic heterocycles. The third-order valence-corrected chi connectivity index (χ3v) is 6.15. The molecular weight excluding hydrogens is 431 g/mol. The number of nitrogens with two attached hydrogens (primary N) is 1. The van der Waals surface area contributed by atoms with Gasteiger partial charge in [-0.2, -0.15) is 13.2 Å². The fraction of sp³-hybridized carbons (Fsp3) is 0.318. The van der Waals surface area contributed by atoms with Gasteiger partial charge in [-0.25, -0.2) is 0 Å². The Labute approximate surface area is 181 Å². The van der Waals surface area contributed by atoms with Crippen molar-refractivity contribution in [2.24, 2.45) is 10.7 Å². The van der Waals surface area contributed by atoms with E-state index < -0.39 is 35.3 Å². The van der Waals surface area contributed by atoms with Gasteiger partial charge in [-0.15, -0.1) is 0 Å². The Bertz CT molecular complexity index is 1060. The van der Waals surface area contributed by atoms with Crippen molar-refractivity contribution in [1.29, 1.82) is 0 Å². The molecule has 9 heteroatoms. The number of amides is 2. The molecule has 1 spiro atoms. The Morgan fingerprint density at radius 2 is 1.71 bits per heavy atom. The number of hydrogen-bond donors (Lipinski definition) is 1. The molecule has 2 aromatic rings. The van der Waals surface area contributed by atoms with E-state index in [-0.39, 0.29) is 16.3 Å². The van der Waals surface area contributed by atoms with Gasteiger partial charge in [0.2, 0.25) is 5.91 Å². The van der Waals surface area contributed by atoms with Gasteiger partial charge in [-0.3, -0.25) is 19.5 Å². The van der Waals surface area contributed by atoms with E-state index in [1.54, 1.807) is 24.3 Å². The summed E-state index contributed by atoms with van der Waals surface area (Å²) in [5.41, 5.74) is 4.59. The maximum atomic E-state index is 13.5. The zero-order valence-electron chi connectivity index (χ0n) is 16.3. The van der Waals surface area contributed by atoms with Crippen molar-refractivity contribution in [1.82, 2.24) is 4.90 Å². The quantitative estimate of drug-likeness (QED) is 0.746. The number of carbonyl (C=O) groups is 2. The molecule has 2 N–H and O–H groups in total. The summed E-state index contributed by atoms with van der Waals surface area (Å²) in [6, 6.07) is 9.75. The van der Waals surface area contributed by atoms with E-state index in [0.717, 1.165) is 25.0 Å². The first-order valence-corrected chi connectivity index (χ1v) is 10.2. The number of nitrogens with zero attached hydrogens (tertiary/aromatic N) is 2. The molecule has 1 fully saturated rings. The summed E-state index contributed by atoms with van der Waals surface area (Å²) in [6.45, 7) is 0. The molecule has 2 amide bonds. The molecule has 1 saturated carbocycles. The van der Waals surface area contributed by atoms with E-state index in [1.165, 1.54) is 17.0 Å². The van der Waals surface area contributed by atoms with E-state index >= 15 is 0 Å². The average Bonchev–Trinajstić information content (AvgIpc) is 3.29. The van der Waals surface area contributed by atoms with Crippen LogP contribution in [0.1, 0.15) is 48.4 Å². The van der Waals surface area contributed by atoms with Gasteiger partial charge in [0, 0.05) is 16.1 Å². The van der Waals surface area contributed by atoms with E-state index in [1.807, 2.05) is 0 Å². The molecule has 1 unspecified atom stereocenters. The lowest BCUT2D eigenvalue weighted by atomic mass is 9.98. The highest BCUT2D eigenvalue weighted by molar-refractivity contribution is 6.47. The zero-order valence-corrected chi connectivity index (χ0v) is 17.1. The predicted octanol–water partition coefficient (Wildman–Crippen LogP) is 4.49. The van der Waals surface area contributed by atoms with Crippen LogP contribution in [-0.4, -0.2) is 28.1 Å². The van der Waals surface area contributed by atoms with E-state index in [0.29, 0.717) is 18.4 Å². The minimum Gasteiger partial charge on any atom is -0.368 e. The fourth-order valence-corrected chi connectivity index (χ4v) is 4.63. The van der Waals surface area contributed by atoms with E-state index in [9.17, 15) is 22.8 Å². The SMILES string of the molecule is NC(=O)C(c1ccccc1Cl)N1C(=O)C(c2ccc(C(F)(F)F)cc2)=NC12CCCC2. The molecule has 4 rings (SSSR count). The van der Waals surface area contributed by atoms with E-state index in [4.69, 9.17) is 17.3 Å². The van der Waals surface area contributed by atoms with Gasteiger partial charge >= 0.3 is 6.18 Å². The van der Waals surface area contributed by atoms with Crippen LogP contribution in [0.3, 0.4) is 0 Å². The average molecular weight is 450 g/mol. The number of aliphatic imine (C=N–C) groups is 1. The lowest BCUT2D eigenvalue weighted by Gasteiger charge is -2.38. The second-order valence-electron chi connectivity index (χ2n) is 7.73. The zero-order chi connectivity index (χ0) is 22.4. The van der Waals surface area contributed by atoms with Crippen molar-refractivity contribution in [2.45, 2.75) is 43.6 Å². The van der Waals surface area contributed by atoms with Crippen molar-refractivity contribution < 1.29 is 22.8 Å². The summed E-state index contributed by atoms with van der Waals surface area (Å²) in [5.74, 6) is -1.30. The van der Waals surface area contributed by atoms with E-state index in [2.05, 4.69) is 4.99 Å². The first kappa shape index (κ1) is 21.4. The van der Waals surface area contributed by atoms with Crippen LogP contribution >= 0.6 is 11.6 Å². The molecule has 5 nitrogen and oxygen atoms in total. The van der Waals surface area contributed by atoms with Crippen LogP contribution in [0.2, 0.25) is 5.02 Å². The second kappa shape index (κ2) is 7.67. The molecular formula is C22H19ClF3N3O2. The highest BCUT2D eigenvalue weighted by Crippen LogP contribution is 2.46. The van der Waals surface area contributed by atoms with Gasteiger partial charge < -0.3 is 5.73 Å². The Balaban J connectivity index is 1.79. The van der Waals surface area contributed by atoms with Crippen molar-refractivity contribution in [3.8, 4) is 0 Å². The lowest BCUT2D eigenvalue weighted by Crippen LogP contribution is -2.51. The molecule has 1 heterocycles. The number of halogens is 4. The third kappa shape index (κ3) is 3.69. The maximum Gasteiger partial charge on any atom is 0.416 e. The number of alkyl halides is 3. The Kier molecular flexibility index (Phi) is 5.29. The van der Waals surface area contributed by atoms with Crippen LogP contribution in [0.25, 0.3) is 0 Å². The van der Waals surface area contributed by atoms with Gasteiger partial charge in [0.25, 0.3) is 5.91 Å². The number of primary amides is 1. The molecule has 0 bridgehead atoms. The molecule has 1 aliphatic heterocycles. The molecule has 0 saturated heterocycles. The highest BCUT2D eigenvalue weighted by atomic mass is 35.5. The monoisotopic (exact) mass is 449 g/mol. The van der Waals surface area contributed by atoms with Crippen LogP contribution in [0.4, 0.5) is 13.2 Å². The van der Waals surface area contributed by atoms with Crippen LogP contribution in [0, 0.1) is 0 Å².